The number of nitrogens with one attached hydrogen (secondary N) is 2. The molecule has 10 heteroatoms. The standard InChI is InChI=1S/C9H10N4O2.C9H9N3O.CH4/c1-13-4-3-10-8(13)7-11-5-6(15-2)9(14)12-7;1-6-4-11-8(12-9(6)13)7-2-3-10-5-7;/h3-5H,1-2H3,(H,11,12,14);3-5H,2H2,1H3,(H,11,12,13);1H4. The van der Waals surface area contributed by atoms with Crippen LogP contribution in [0.2, 0.25) is 0 Å². The van der Waals surface area contributed by atoms with E-state index in [2.05, 4.69) is 29.9 Å². The fraction of sp³-hybridized carbons (Fsp3) is 0.263. The molecular formula is C19H23N7O3. The molecular weight excluding hydrogens is 374 g/mol. The number of imidazole rings is 1. The molecule has 0 bridgehead atoms. The van der Waals surface area contributed by atoms with Crippen LogP contribution in [0.15, 0.2) is 45.6 Å². The molecule has 29 heavy (non-hydrogen) atoms. The smallest absolute Gasteiger partial charge is 0.293 e. The van der Waals surface area contributed by atoms with Crippen molar-refractivity contribution in [3.8, 4) is 17.4 Å². The Kier molecular flexibility index (Phi) is 6.96. The van der Waals surface area contributed by atoms with Gasteiger partial charge < -0.3 is 19.3 Å². The van der Waals surface area contributed by atoms with Crippen molar-refractivity contribution >= 4 is 11.8 Å². The molecule has 0 atom stereocenters. The van der Waals surface area contributed by atoms with Crippen molar-refractivity contribution in [3.05, 3.63) is 63.1 Å². The molecule has 0 radical (unpaired) electrons. The van der Waals surface area contributed by atoms with Gasteiger partial charge in [-0.2, -0.15) is 0 Å². The Balaban J connectivity index is 0.000000202. The number of allylic oxidation sites excluding steroid dienone is 1. The molecule has 1 aliphatic rings. The second kappa shape index (κ2) is 9.40. The summed E-state index contributed by atoms with van der Waals surface area (Å²) >= 11 is 0. The van der Waals surface area contributed by atoms with Gasteiger partial charge in [0.2, 0.25) is 5.75 Å². The molecule has 0 aliphatic carbocycles. The van der Waals surface area contributed by atoms with E-state index in [4.69, 9.17) is 4.74 Å². The Hall–Kier alpha value is -3.82. The fourth-order valence-corrected chi connectivity index (χ4v) is 2.36. The number of hydrogen-bond donors (Lipinski definition) is 2. The summed E-state index contributed by atoms with van der Waals surface area (Å²) in [6, 6.07) is 0. The number of H-pyrrole nitrogens is 2. The summed E-state index contributed by atoms with van der Waals surface area (Å²) in [5, 5.41) is 0. The molecule has 0 unspecified atom stereocenters. The van der Waals surface area contributed by atoms with E-state index in [0.29, 0.717) is 23.0 Å². The summed E-state index contributed by atoms with van der Waals surface area (Å²) in [6.45, 7) is 1.73. The van der Waals surface area contributed by atoms with Gasteiger partial charge in [-0.25, -0.2) is 15.0 Å². The summed E-state index contributed by atoms with van der Waals surface area (Å²) in [5.41, 5.74) is 1.18. The van der Waals surface area contributed by atoms with Gasteiger partial charge in [0.25, 0.3) is 11.1 Å². The Labute approximate surface area is 167 Å². The number of aliphatic imine (C=N–C) groups is 1. The Morgan fingerprint density at radius 3 is 2.34 bits per heavy atom. The van der Waals surface area contributed by atoms with Crippen molar-refractivity contribution in [1.82, 2.24) is 29.5 Å². The first kappa shape index (κ1) is 21.5. The number of rotatable bonds is 3. The molecule has 0 spiro atoms. The largest absolute Gasteiger partial charge is 0.490 e. The van der Waals surface area contributed by atoms with Crippen LogP contribution in [0.1, 0.15) is 25.2 Å². The molecule has 152 valence electrons. The van der Waals surface area contributed by atoms with Crippen LogP contribution in [0.5, 0.6) is 5.75 Å². The van der Waals surface area contributed by atoms with Gasteiger partial charge in [-0.1, -0.05) is 7.43 Å². The highest BCUT2D eigenvalue weighted by molar-refractivity contribution is 5.81. The predicted octanol–water partition coefficient (Wildman–Crippen LogP) is 1.71. The summed E-state index contributed by atoms with van der Waals surface area (Å²) < 4.78 is 6.58. The first-order valence-electron chi connectivity index (χ1n) is 8.37. The van der Waals surface area contributed by atoms with Crippen LogP contribution in [0, 0.1) is 6.92 Å². The molecule has 3 aromatic rings. The maximum absolute atomic E-state index is 11.4. The molecule has 1 aliphatic heterocycles. The average Bonchev–Trinajstić information content (AvgIpc) is 3.36. The lowest BCUT2D eigenvalue weighted by Gasteiger charge is -2.01. The van der Waals surface area contributed by atoms with Gasteiger partial charge in [0.1, 0.15) is 5.82 Å². The van der Waals surface area contributed by atoms with Crippen molar-refractivity contribution < 1.29 is 4.74 Å². The molecule has 0 saturated carbocycles. The topological polar surface area (TPSA) is 131 Å². The highest BCUT2D eigenvalue weighted by Crippen LogP contribution is 2.15. The summed E-state index contributed by atoms with van der Waals surface area (Å²) in [5.74, 6) is 1.84. The number of aryl methyl sites for hydroxylation is 2. The molecule has 10 nitrogen and oxygen atoms in total. The molecule has 2 N–H and O–H groups in total. The van der Waals surface area contributed by atoms with Crippen LogP contribution in [-0.2, 0) is 7.05 Å². The third-order valence-electron chi connectivity index (χ3n) is 3.95. The van der Waals surface area contributed by atoms with E-state index in [9.17, 15) is 9.59 Å². The van der Waals surface area contributed by atoms with Crippen molar-refractivity contribution in [2.45, 2.75) is 20.8 Å². The summed E-state index contributed by atoms with van der Waals surface area (Å²) in [6.07, 6.45) is 10.6. The monoisotopic (exact) mass is 397 g/mol. The first-order valence-corrected chi connectivity index (χ1v) is 8.37. The van der Waals surface area contributed by atoms with E-state index in [1.165, 1.54) is 13.3 Å². The second-order valence-corrected chi connectivity index (χ2v) is 5.93. The van der Waals surface area contributed by atoms with Crippen LogP contribution in [0.25, 0.3) is 17.2 Å². The molecule has 3 aromatic heterocycles. The Morgan fingerprint density at radius 2 is 1.79 bits per heavy atom. The molecule has 0 fully saturated rings. The van der Waals surface area contributed by atoms with Crippen molar-refractivity contribution in [2.24, 2.45) is 12.0 Å². The molecule has 0 amide bonds. The second-order valence-electron chi connectivity index (χ2n) is 5.93. The summed E-state index contributed by atoms with van der Waals surface area (Å²) in [4.78, 5) is 44.1. The van der Waals surface area contributed by atoms with Gasteiger partial charge in [0.05, 0.1) is 13.3 Å². The fourth-order valence-electron chi connectivity index (χ4n) is 2.36. The quantitative estimate of drug-likeness (QED) is 0.692. The number of ether oxygens (including phenoxy) is 1. The zero-order chi connectivity index (χ0) is 20.1. The summed E-state index contributed by atoms with van der Waals surface area (Å²) in [7, 11) is 3.25. The van der Waals surface area contributed by atoms with Gasteiger partial charge in [0.15, 0.2) is 11.6 Å². The number of aromatic amines is 2. The third kappa shape index (κ3) is 4.92. The maximum Gasteiger partial charge on any atom is 0.293 e. The minimum Gasteiger partial charge on any atom is -0.490 e. The third-order valence-corrected chi connectivity index (χ3v) is 3.95. The van der Waals surface area contributed by atoms with E-state index in [1.807, 2.05) is 7.05 Å². The SMILES string of the molecule is C.COc1cnc(-c2nccn2C)[nH]c1=O.Cc1cnc(C2=CN=CC2)[nH]c1=O. The lowest BCUT2D eigenvalue weighted by molar-refractivity contribution is 0.406. The first-order chi connectivity index (χ1) is 13.5. The number of nitrogens with zero attached hydrogens (tertiary/aromatic N) is 5. The van der Waals surface area contributed by atoms with Gasteiger partial charge in [-0.05, 0) is 6.92 Å². The van der Waals surface area contributed by atoms with Crippen molar-refractivity contribution in [2.75, 3.05) is 7.11 Å². The van der Waals surface area contributed by atoms with Gasteiger partial charge in [0, 0.05) is 55.6 Å². The number of hydrogen-bond acceptors (Lipinski definition) is 7. The van der Waals surface area contributed by atoms with Crippen molar-refractivity contribution in [3.63, 3.8) is 0 Å². The predicted molar refractivity (Wildman–Crippen MR) is 111 cm³/mol. The zero-order valence-corrected chi connectivity index (χ0v) is 15.6. The highest BCUT2D eigenvalue weighted by atomic mass is 16.5. The van der Waals surface area contributed by atoms with Crippen LogP contribution in [0.3, 0.4) is 0 Å². The van der Waals surface area contributed by atoms with E-state index >= 15 is 0 Å². The highest BCUT2D eigenvalue weighted by Gasteiger charge is 2.08. The lowest BCUT2D eigenvalue weighted by Crippen LogP contribution is -2.12. The lowest BCUT2D eigenvalue weighted by atomic mass is 10.2. The van der Waals surface area contributed by atoms with Crippen LogP contribution in [0.4, 0.5) is 0 Å². The van der Waals surface area contributed by atoms with E-state index in [1.54, 1.807) is 42.5 Å². The van der Waals surface area contributed by atoms with Gasteiger partial charge >= 0.3 is 0 Å². The number of aromatic nitrogens is 6. The van der Waals surface area contributed by atoms with Gasteiger partial charge in [-0.15, -0.1) is 0 Å². The molecule has 4 heterocycles. The molecule has 0 saturated heterocycles. The number of methoxy groups -OCH3 is 1. The molecule has 4 rings (SSSR count). The van der Waals surface area contributed by atoms with E-state index in [-0.39, 0.29) is 24.3 Å². The Bertz CT molecular complexity index is 1150. The van der Waals surface area contributed by atoms with Crippen molar-refractivity contribution in [1.29, 1.82) is 0 Å². The van der Waals surface area contributed by atoms with E-state index < -0.39 is 0 Å². The van der Waals surface area contributed by atoms with Crippen LogP contribution in [-0.4, -0.2) is 42.8 Å². The normalized spacial score (nSPS) is 11.9. The van der Waals surface area contributed by atoms with E-state index in [0.717, 1.165) is 12.0 Å². The maximum atomic E-state index is 11.4. The minimum absolute atomic E-state index is 0. The van der Waals surface area contributed by atoms with Crippen LogP contribution >= 0.6 is 0 Å². The minimum atomic E-state index is -0.314. The zero-order valence-electron chi connectivity index (χ0n) is 15.6. The Morgan fingerprint density at radius 1 is 1.07 bits per heavy atom. The molecule has 0 aromatic carbocycles. The van der Waals surface area contributed by atoms with Crippen LogP contribution < -0.4 is 15.9 Å². The average molecular weight is 397 g/mol. The van der Waals surface area contributed by atoms with Gasteiger partial charge in [-0.3, -0.25) is 14.6 Å².